The summed E-state index contributed by atoms with van der Waals surface area (Å²) in [4.78, 5) is 12.3. The lowest BCUT2D eigenvalue weighted by molar-refractivity contribution is 0.159. The minimum atomic E-state index is 0.454. The zero-order valence-corrected chi connectivity index (χ0v) is 14.0. The summed E-state index contributed by atoms with van der Waals surface area (Å²) in [5, 5.41) is 3.28. The van der Waals surface area contributed by atoms with Crippen molar-refractivity contribution in [2.45, 2.75) is 70.4 Å². The molecule has 2 bridgehead atoms. The third-order valence-corrected chi connectivity index (χ3v) is 5.43. The maximum absolute atomic E-state index is 4.88. The second kappa shape index (κ2) is 5.56. The highest BCUT2D eigenvalue weighted by molar-refractivity contribution is 5.48. The number of rotatable bonds is 3. The molecule has 21 heavy (non-hydrogen) atoms. The van der Waals surface area contributed by atoms with Crippen LogP contribution in [0.2, 0.25) is 0 Å². The van der Waals surface area contributed by atoms with E-state index in [4.69, 9.17) is 9.97 Å². The lowest BCUT2D eigenvalue weighted by Crippen LogP contribution is -2.39. The number of aryl methyl sites for hydroxylation is 1. The van der Waals surface area contributed by atoms with Crippen LogP contribution in [0.4, 0.5) is 5.82 Å². The molecule has 3 heterocycles. The number of hydrogen-bond acceptors (Lipinski definition) is 4. The highest BCUT2D eigenvalue weighted by Crippen LogP contribution is 2.41. The first kappa shape index (κ1) is 14.8. The van der Waals surface area contributed by atoms with Crippen LogP contribution < -0.4 is 5.32 Å². The number of hydrogen-bond donors (Lipinski definition) is 1. The van der Waals surface area contributed by atoms with Crippen molar-refractivity contribution < 1.29 is 0 Å². The molecule has 2 saturated heterocycles. The van der Waals surface area contributed by atoms with E-state index >= 15 is 0 Å². The van der Waals surface area contributed by atoms with Crippen molar-refractivity contribution in [3.63, 3.8) is 0 Å². The fourth-order valence-electron chi connectivity index (χ4n) is 4.29. The number of nitrogens with one attached hydrogen (secondary N) is 1. The normalized spacial score (nSPS) is 29.1. The van der Waals surface area contributed by atoms with Gasteiger partial charge in [0.15, 0.2) is 0 Å². The van der Waals surface area contributed by atoms with Gasteiger partial charge in [-0.2, -0.15) is 0 Å². The number of anilines is 1. The van der Waals surface area contributed by atoms with Crippen LogP contribution in [0.5, 0.6) is 0 Å². The Hall–Kier alpha value is -1.16. The predicted molar refractivity (Wildman–Crippen MR) is 87.0 cm³/mol. The summed E-state index contributed by atoms with van der Waals surface area (Å²) in [6.45, 7) is 6.55. The maximum atomic E-state index is 4.88. The van der Waals surface area contributed by atoms with Crippen LogP contribution in [0.1, 0.15) is 68.4 Å². The Kier molecular flexibility index (Phi) is 3.91. The van der Waals surface area contributed by atoms with Crippen molar-refractivity contribution in [1.82, 2.24) is 14.9 Å². The van der Waals surface area contributed by atoms with Crippen LogP contribution in [-0.4, -0.2) is 41.0 Å². The molecule has 0 aliphatic carbocycles. The summed E-state index contributed by atoms with van der Waals surface area (Å²) in [5.74, 6) is 3.07. The monoisotopic (exact) mass is 288 g/mol. The number of fused-ring (bicyclic) bond motifs is 2. The molecular weight excluding hydrogens is 260 g/mol. The van der Waals surface area contributed by atoms with Gasteiger partial charge in [0.25, 0.3) is 0 Å². The molecule has 1 N–H and O–H groups in total. The topological polar surface area (TPSA) is 41.1 Å². The molecule has 0 radical (unpaired) electrons. The molecule has 116 valence electrons. The molecule has 0 amide bonds. The highest BCUT2D eigenvalue weighted by Gasteiger charge is 2.40. The van der Waals surface area contributed by atoms with E-state index in [1.54, 1.807) is 0 Å². The summed E-state index contributed by atoms with van der Waals surface area (Å²) < 4.78 is 0. The highest BCUT2D eigenvalue weighted by atomic mass is 15.2. The van der Waals surface area contributed by atoms with Gasteiger partial charge < -0.3 is 10.2 Å². The minimum Gasteiger partial charge on any atom is -0.373 e. The van der Waals surface area contributed by atoms with E-state index in [0.29, 0.717) is 11.8 Å². The SMILES string of the molecule is CNc1nc(C2CC3CCC(C2)N3C)nc(C)c1C(C)C. The van der Waals surface area contributed by atoms with Crippen LogP contribution in [-0.2, 0) is 0 Å². The summed E-state index contributed by atoms with van der Waals surface area (Å²) in [5.41, 5.74) is 2.41. The first-order valence-corrected chi connectivity index (χ1v) is 8.29. The average Bonchev–Trinajstić information content (AvgIpc) is 2.66. The van der Waals surface area contributed by atoms with Crippen LogP contribution in [0.25, 0.3) is 0 Å². The first-order valence-electron chi connectivity index (χ1n) is 8.29. The molecule has 0 spiro atoms. The van der Waals surface area contributed by atoms with Gasteiger partial charge in [-0.1, -0.05) is 13.8 Å². The summed E-state index contributed by atoms with van der Waals surface area (Å²) in [6, 6.07) is 1.47. The van der Waals surface area contributed by atoms with E-state index < -0.39 is 0 Å². The van der Waals surface area contributed by atoms with E-state index in [-0.39, 0.29) is 0 Å². The average molecular weight is 288 g/mol. The second-order valence-corrected chi connectivity index (χ2v) is 7.05. The zero-order chi connectivity index (χ0) is 15.1. The van der Waals surface area contributed by atoms with Crippen molar-refractivity contribution in [1.29, 1.82) is 0 Å². The van der Waals surface area contributed by atoms with Crippen molar-refractivity contribution >= 4 is 5.82 Å². The largest absolute Gasteiger partial charge is 0.373 e. The maximum Gasteiger partial charge on any atom is 0.134 e. The molecule has 0 saturated carbocycles. The van der Waals surface area contributed by atoms with Gasteiger partial charge in [0.1, 0.15) is 11.6 Å². The quantitative estimate of drug-likeness (QED) is 0.926. The van der Waals surface area contributed by atoms with Crippen LogP contribution in [0.15, 0.2) is 0 Å². The Morgan fingerprint density at radius 1 is 1.14 bits per heavy atom. The van der Waals surface area contributed by atoms with Crippen molar-refractivity contribution in [2.24, 2.45) is 0 Å². The molecule has 2 fully saturated rings. The van der Waals surface area contributed by atoms with Gasteiger partial charge in [-0.05, 0) is 45.6 Å². The Bertz CT molecular complexity index is 512. The predicted octanol–water partition coefficient (Wildman–Crippen LogP) is 3.29. The Morgan fingerprint density at radius 3 is 2.29 bits per heavy atom. The lowest BCUT2D eigenvalue weighted by atomic mass is 9.90. The van der Waals surface area contributed by atoms with E-state index in [9.17, 15) is 0 Å². The molecule has 0 aromatic carbocycles. The van der Waals surface area contributed by atoms with E-state index in [1.807, 2.05) is 7.05 Å². The Balaban J connectivity index is 1.91. The fraction of sp³-hybridized carbons (Fsp3) is 0.765. The van der Waals surface area contributed by atoms with Gasteiger partial charge in [0.2, 0.25) is 0 Å². The zero-order valence-electron chi connectivity index (χ0n) is 14.0. The number of aromatic nitrogens is 2. The Morgan fingerprint density at radius 2 is 1.76 bits per heavy atom. The van der Waals surface area contributed by atoms with Gasteiger partial charge in [0.05, 0.1) is 0 Å². The lowest BCUT2D eigenvalue weighted by Gasteiger charge is -2.35. The molecule has 1 aromatic rings. The number of nitrogens with zero attached hydrogens (tertiary/aromatic N) is 3. The molecule has 2 aliphatic rings. The molecule has 3 rings (SSSR count). The minimum absolute atomic E-state index is 0.454. The van der Waals surface area contributed by atoms with Crippen molar-refractivity contribution in [3.05, 3.63) is 17.1 Å². The van der Waals surface area contributed by atoms with E-state index in [2.05, 4.69) is 38.0 Å². The Labute approximate surface area is 128 Å². The van der Waals surface area contributed by atoms with Crippen LogP contribution in [0, 0.1) is 6.92 Å². The van der Waals surface area contributed by atoms with Gasteiger partial charge >= 0.3 is 0 Å². The fourth-order valence-corrected chi connectivity index (χ4v) is 4.29. The van der Waals surface area contributed by atoms with Crippen molar-refractivity contribution in [3.8, 4) is 0 Å². The molecule has 4 heteroatoms. The van der Waals surface area contributed by atoms with Crippen LogP contribution in [0.3, 0.4) is 0 Å². The summed E-state index contributed by atoms with van der Waals surface area (Å²) >= 11 is 0. The number of piperidine rings is 1. The van der Waals surface area contributed by atoms with Gasteiger partial charge in [-0.15, -0.1) is 0 Å². The van der Waals surface area contributed by atoms with Crippen molar-refractivity contribution in [2.75, 3.05) is 19.4 Å². The molecule has 2 aliphatic heterocycles. The molecule has 4 nitrogen and oxygen atoms in total. The van der Waals surface area contributed by atoms with E-state index in [0.717, 1.165) is 29.4 Å². The van der Waals surface area contributed by atoms with E-state index in [1.165, 1.54) is 31.2 Å². The van der Waals surface area contributed by atoms with Gasteiger partial charge in [-0.3, -0.25) is 0 Å². The molecule has 2 unspecified atom stereocenters. The van der Waals surface area contributed by atoms with Crippen LogP contribution >= 0.6 is 0 Å². The molecule has 2 atom stereocenters. The van der Waals surface area contributed by atoms with Gasteiger partial charge in [0, 0.05) is 36.3 Å². The second-order valence-electron chi connectivity index (χ2n) is 7.05. The molecular formula is C17H28N4. The standard InChI is InChI=1S/C17H28N4/c1-10(2)15-11(3)19-16(20-17(15)18-4)12-8-13-6-7-14(9-12)21(13)5/h10,12-14H,6-9H2,1-5H3,(H,18,19,20). The first-order chi connectivity index (χ1) is 10.0. The van der Waals surface area contributed by atoms with Gasteiger partial charge in [-0.25, -0.2) is 9.97 Å². The summed E-state index contributed by atoms with van der Waals surface area (Å²) in [6.07, 6.45) is 5.13. The third kappa shape index (κ3) is 2.54. The summed E-state index contributed by atoms with van der Waals surface area (Å²) in [7, 11) is 4.25. The third-order valence-electron chi connectivity index (χ3n) is 5.43. The smallest absolute Gasteiger partial charge is 0.134 e. The molecule has 1 aromatic heterocycles.